The average Bonchev–Trinajstić information content (AvgIpc) is 2.57. The summed E-state index contributed by atoms with van der Waals surface area (Å²) < 4.78 is 16.4. The van der Waals surface area contributed by atoms with Crippen LogP contribution in [0.5, 0.6) is 11.5 Å². The van der Waals surface area contributed by atoms with Gasteiger partial charge in [-0.25, -0.2) is 5.06 Å². The number of rotatable bonds is 8. The van der Waals surface area contributed by atoms with Crippen LogP contribution in [0.15, 0.2) is 42.5 Å². The number of hydroxylamine groups is 2. The van der Waals surface area contributed by atoms with Crippen LogP contribution < -0.4 is 61.0 Å². The van der Waals surface area contributed by atoms with E-state index in [1.807, 2.05) is 6.07 Å². The normalized spacial score (nSPS) is 12.6. The molecule has 0 saturated heterocycles. The molecule has 0 aliphatic rings. The first-order valence-corrected chi connectivity index (χ1v) is 10.4. The number of hydrogen-bond donors (Lipinski definition) is 2. The molecule has 2 N–H and O–H groups in total. The van der Waals surface area contributed by atoms with E-state index in [0.717, 1.165) is 5.56 Å². The van der Waals surface area contributed by atoms with E-state index in [1.54, 1.807) is 36.4 Å². The first-order valence-electron chi connectivity index (χ1n) is 7.88. The Balaban J connectivity index is 0.00000392. The predicted octanol–water partition coefficient (Wildman–Crippen LogP) is 0.486. The van der Waals surface area contributed by atoms with E-state index < -0.39 is 19.7 Å². The molecule has 1 amide bonds. The van der Waals surface area contributed by atoms with Gasteiger partial charge in [0, 0.05) is 12.6 Å². The molecular formula is C17H17Cl2KNO6P. The number of carbonyl (C=O) groups is 1. The minimum atomic E-state index is -4.75. The van der Waals surface area contributed by atoms with E-state index >= 15 is 0 Å². The fourth-order valence-corrected chi connectivity index (χ4v) is 3.04. The molecule has 2 rings (SSSR count). The Morgan fingerprint density at radius 3 is 2.46 bits per heavy atom. The first kappa shape index (κ1) is 26.1. The van der Waals surface area contributed by atoms with Gasteiger partial charge in [-0.3, -0.25) is 10.0 Å². The van der Waals surface area contributed by atoms with Gasteiger partial charge in [-0.05, 0) is 42.7 Å². The second kappa shape index (κ2) is 12.0. The van der Waals surface area contributed by atoms with Crippen LogP contribution in [0.25, 0.3) is 0 Å². The van der Waals surface area contributed by atoms with Crippen LogP contribution in [0.1, 0.15) is 12.0 Å². The summed E-state index contributed by atoms with van der Waals surface area (Å²) >= 11 is 11.8. The van der Waals surface area contributed by atoms with Gasteiger partial charge in [-0.2, -0.15) is 0 Å². The van der Waals surface area contributed by atoms with Gasteiger partial charge >= 0.3 is 51.4 Å². The van der Waals surface area contributed by atoms with E-state index in [2.05, 4.69) is 0 Å². The molecule has 0 aliphatic carbocycles. The Bertz CT molecular complexity index is 863. The molecule has 1 atom stereocenters. The Morgan fingerprint density at radius 2 is 1.82 bits per heavy atom. The predicted molar refractivity (Wildman–Crippen MR) is 99.5 cm³/mol. The molecule has 0 spiro atoms. The SMILES string of the molecule is O=C(CP(=O)([O-])O)N(O)CCCc1cccc(Oc2ccc(Cl)c(Cl)c2)c1.[K+]. The summed E-state index contributed by atoms with van der Waals surface area (Å²) in [6, 6.07) is 12.1. The van der Waals surface area contributed by atoms with Crippen molar-refractivity contribution < 1.29 is 80.5 Å². The summed E-state index contributed by atoms with van der Waals surface area (Å²) in [5, 5.41) is 10.6. The van der Waals surface area contributed by atoms with Gasteiger partial charge in [0.15, 0.2) is 0 Å². The number of halogens is 2. The summed E-state index contributed by atoms with van der Waals surface area (Å²) in [6.45, 7) is -0.0727. The van der Waals surface area contributed by atoms with Gasteiger partial charge in [-0.1, -0.05) is 35.3 Å². The maximum Gasteiger partial charge on any atom is 1.00 e. The third-order valence-corrected chi connectivity index (χ3v) is 4.89. The molecule has 28 heavy (non-hydrogen) atoms. The average molecular weight is 472 g/mol. The zero-order chi connectivity index (χ0) is 20.0. The quantitative estimate of drug-likeness (QED) is 0.251. The Labute approximate surface area is 215 Å². The molecule has 1 unspecified atom stereocenters. The molecule has 0 bridgehead atoms. The summed E-state index contributed by atoms with van der Waals surface area (Å²) in [4.78, 5) is 30.7. The zero-order valence-electron chi connectivity index (χ0n) is 15.0. The van der Waals surface area contributed by atoms with Crippen molar-refractivity contribution in [3.8, 4) is 11.5 Å². The maximum absolute atomic E-state index is 11.4. The molecule has 7 nitrogen and oxygen atoms in total. The largest absolute Gasteiger partial charge is 1.00 e. The Kier molecular flexibility index (Phi) is 11.2. The van der Waals surface area contributed by atoms with Crippen LogP contribution in [-0.4, -0.2) is 33.8 Å². The van der Waals surface area contributed by atoms with E-state index in [9.17, 15) is 19.5 Å². The number of amides is 1. The van der Waals surface area contributed by atoms with Crippen molar-refractivity contribution in [3.63, 3.8) is 0 Å². The fourth-order valence-electron chi connectivity index (χ4n) is 2.25. The van der Waals surface area contributed by atoms with Crippen LogP contribution in [0, 0.1) is 0 Å². The third kappa shape index (κ3) is 9.24. The van der Waals surface area contributed by atoms with Crippen molar-refractivity contribution in [2.24, 2.45) is 0 Å². The number of nitrogens with zero attached hydrogens (tertiary/aromatic N) is 1. The zero-order valence-corrected chi connectivity index (χ0v) is 20.6. The molecular weight excluding hydrogens is 455 g/mol. The van der Waals surface area contributed by atoms with Gasteiger partial charge in [0.1, 0.15) is 19.1 Å². The van der Waals surface area contributed by atoms with Crippen molar-refractivity contribution >= 4 is 36.7 Å². The minimum absolute atomic E-state index is 0. The Hall–Kier alpha value is 0.0364. The summed E-state index contributed by atoms with van der Waals surface area (Å²) in [5.74, 6) is 0.0302. The molecule has 0 fully saturated rings. The van der Waals surface area contributed by atoms with Crippen LogP contribution in [0.4, 0.5) is 0 Å². The summed E-state index contributed by atoms with van der Waals surface area (Å²) in [5.41, 5.74) is 0.894. The molecule has 11 heteroatoms. The molecule has 0 radical (unpaired) electrons. The third-order valence-electron chi connectivity index (χ3n) is 3.48. The number of ether oxygens (including phenoxy) is 1. The van der Waals surface area contributed by atoms with Crippen LogP contribution in [0.2, 0.25) is 10.0 Å². The number of hydrogen-bond acceptors (Lipinski definition) is 5. The second-order valence-electron chi connectivity index (χ2n) is 5.74. The van der Waals surface area contributed by atoms with E-state index in [1.165, 1.54) is 0 Å². The number of carbonyl (C=O) groups excluding carboxylic acids is 1. The van der Waals surface area contributed by atoms with Gasteiger partial charge < -0.3 is 19.1 Å². The molecule has 146 valence electrons. The van der Waals surface area contributed by atoms with Crippen molar-refractivity contribution in [2.45, 2.75) is 12.8 Å². The van der Waals surface area contributed by atoms with Gasteiger partial charge in [-0.15, -0.1) is 0 Å². The second-order valence-corrected chi connectivity index (χ2v) is 8.15. The maximum atomic E-state index is 11.4. The van der Waals surface area contributed by atoms with Crippen LogP contribution in [-0.2, 0) is 15.8 Å². The van der Waals surface area contributed by atoms with Crippen molar-refractivity contribution in [2.75, 3.05) is 12.7 Å². The molecule has 0 saturated carbocycles. The summed E-state index contributed by atoms with van der Waals surface area (Å²) in [7, 11) is -4.75. The van der Waals surface area contributed by atoms with E-state index in [-0.39, 0.29) is 63.0 Å². The van der Waals surface area contributed by atoms with Crippen LogP contribution in [0.3, 0.4) is 0 Å². The number of benzene rings is 2. The standard InChI is InChI=1S/C17H18Cl2NO6P.K/c18-15-7-6-14(10-16(15)19)26-13-5-1-3-12(9-13)4-2-8-20(22)17(21)11-27(23,24)25;/h1,3,5-7,9-10,22H,2,4,8,11H2,(H2,23,24,25);/q;+1/p-1. The minimum Gasteiger partial charge on any atom is -0.778 e. The summed E-state index contributed by atoms with van der Waals surface area (Å²) in [6.07, 6.45) is -0.236. The van der Waals surface area contributed by atoms with Crippen LogP contribution >= 0.6 is 30.8 Å². The van der Waals surface area contributed by atoms with Gasteiger partial charge in [0.2, 0.25) is 0 Å². The van der Waals surface area contributed by atoms with Crippen molar-refractivity contribution in [3.05, 3.63) is 58.1 Å². The topological polar surface area (TPSA) is 110 Å². The van der Waals surface area contributed by atoms with E-state index in [4.69, 9.17) is 32.8 Å². The fraction of sp³-hybridized carbons (Fsp3) is 0.235. The van der Waals surface area contributed by atoms with Crippen molar-refractivity contribution in [1.82, 2.24) is 5.06 Å². The Morgan fingerprint density at radius 1 is 1.14 bits per heavy atom. The molecule has 2 aromatic rings. The number of aryl methyl sites for hydroxylation is 1. The van der Waals surface area contributed by atoms with Gasteiger partial charge in [0.25, 0.3) is 5.91 Å². The van der Waals surface area contributed by atoms with Crippen molar-refractivity contribution in [1.29, 1.82) is 0 Å². The van der Waals surface area contributed by atoms with E-state index in [0.29, 0.717) is 34.4 Å². The molecule has 0 aliphatic heterocycles. The molecule has 2 aromatic carbocycles. The first-order chi connectivity index (χ1) is 12.6. The molecule has 0 heterocycles. The smallest absolute Gasteiger partial charge is 0.778 e. The van der Waals surface area contributed by atoms with Gasteiger partial charge in [0.05, 0.1) is 16.2 Å². The molecule has 0 aromatic heterocycles. The monoisotopic (exact) mass is 471 g/mol.